The summed E-state index contributed by atoms with van der Waals surface area (Å²) in [4.78, 5) is 4.46. The van der Waals surface area contributed by atoms with Gasteiger partial charge in [-0.05, 0) is 38.3 Å². The number of nitrogens with zero attached hydrogens (tertiary/aromatic N) is 1. The molecular formula is C16H28IN3O. The average molecular weight is 405 g/mol. The molecule has 0 aliphatic carbocycles. The van der Waals surface area contributed by atoms with E-state index in [2.05, 4.69) is 42.5 Å². The van der Waals surface area contributed by atoms with Gasteiger partial charge in [0.05, 0.1) is 6.61 Å². The lowest BCUT2D eigenvalue weighted by Gasteiger charge is -2.12. The Morgan fingerprint density at radius 3 is 2.62 bits per heavy atom. The smallest absolute Gasteiger partial charge is 0.191 e. The van der Waals surface area contributed by atoms with Crippen LogP contribution < -0.4 is 15.4 Å². The van der Waals surface area contributed by atoms with E-state index in [1.54, 1.807) is 0 Å². The second-order valence-electron chi connectivity index (χ2n) is 4.65. The van der Waals surface area contributed by atoms with Crippen molar-refractivity contribution in [3.05, 3.63) is 29.8 Å². The Balaban J connectivity index is 0.00000400. The highest BCUT2D eigenvalue weighted by Crippen LogP contribution is 2.15. The largest absolute Gasteiger partial charge is 0.493 e. The summed E-state index contributed by atoms with van der Waals surface area (Å²) in [6.07, 6.45) is 2.01. The Morgan fingerprint density at radius 2 is 1.95 bits per heavy atom. The molecule has 2 N–H and O–H groups in total. The Kier molecular flexibility index (Phi) is 12.1. The van der Waals surface area contributed by atoms with Gasteiger partial charge in [0.25, 0.3) is 0 Å². The summed E-state index contributed by atoms with van der Waals surface area (Å²) >= 11 is 0. The maximum absolute atomic E-state index is 5.76. The van der Waals surface area contributed by atoms with Gasteiger partial charge in [-0.1, -0.05) is 25.1 Å². The molecule has 21 heavy (non-hydrogen) atoms. The first kappa shape index (κ1) is 20.0. The Hall–Kier alpha value is -0.980. The van der Waals surface area contributed by atoms with Crippen molar-refractivity contribution < 1.29 is 4.74 Å². The normalized spacial score (nSPS) is 10.7. The van der Waals surface area contributed by atoms with Crippen LogP contribution in [0.15, 0.2) is 29.3 Å². The second kappa shape index (κ2) is 12.7. The molecule has 5 heteroatoms. The fourth-order valence-corrected chi connectivity index (χ4v) is 1.74. The molecule has 0 atom stereocenters. The van der Waals surface area contributed by atoms with Crippen molar-refractivity contribution >= 4 is 29.9 Å². The predicted octanol–water partition coefficient (Wildman–Crippen LogP) is 3.35. The summed E-state index contributed by atoms with van der Waals surface area (Å²) < 4.78 is 5.76. The molecule has 0 unspecified atom stereocenters. The Bertz CT molecular complexity index is 410. The van der Waals surface area contributed by atoms with E-state index in [0.29, 0.717) is 6.61 Å². The standard InChI is InChI=1S/C16H27N3O.HI/c1-4-11-18-16(17-5-2)19-12-8-13-20-15-10-7-6-9-14(15)3;/h6-7,9-10H,4-5,8,11-13H2,1-3H3,(H2,17,18,19);1H. The van der Waals surface area contributed by atoms with Crippen molar-refractivity contribution in [1.29, 1.82) is 0 Å². The Labute approximate surface area is 145 Å². The van der Waals surface area contributed by atoms with E-state index in [9.17, 15) is 0 Å². The molecule has 0 radical (unpaired) electrons. The van der Waals surface area contributed by atoms with Crippen molar-refractivity contribution in [3.63, 3.8) is 0 Å². The van der Waals surface area contributed by atoms with Gasteiger partial charge in [-0.3, -0.25) is 4.99 Å². The Morgan fingerprint density at radius 1 is 1.19 bits per heavy atom. The van der Waals surface area contributed by atoms with Gasteiger partial charge in [0.15, 0.2) is 5.96 Å². The number of guanidine groups is 1. The molecule has 0 aliphatic rings. The van der Waals surface area contributed by atoms with E-state index in [0.717, 1.165) is 44.2 Å². The molecule has 0 spiro atoms. The SMILES string of the molecule is CCCN=C(NCC)NCCCOc1ccccc1C.I. The number of halogens is 1. The molecule has 1 aromatic rings. The van der Waals surface area contributed by atoms with Gasteiger partial charge in [-0.2, -0.15) is 0 Å². The second-order valence-corrected chi connectivity index (χ2v) is 4.65. The molecule has 0 fully saturated rings. The van der Waals surface area contributed by atoms with Crippen LogP contribution in [-0.4, -0.2) is 32.2 Å². The van der Waals surface area contributed by atoms with Crippen LogP contribution in [0, 0.1) is 6.92 Å². The van der Waals surface area contributed by atoms with Crippen molar-refractivity contribution in [2.24, 2.45) is 4.99 Å². The van der Waals surface area contributed by atoms with E-state index < -0.39 is 0 Å². The van der Waals surface area contributed by atoms with Gasteiger partial charge in [-0.25, -0.2) is 0 Å². The van der Waals surface area contributed by atoms with E-state index >= 15 is 0 Å². The zero-order valence-corrected chi connectivity index (χ0v) is 15.6. The van der Waals surface area contributed by atoms with Crippen LogP contribution >= 0.6 is 24.0 Å². The van der Waals surface area contributed by atoms with Gasteiger partial charge < -0.3 is 15.4 Å². The number of nitrogens with one attached hydrogen (secondary N) is 2. The van der Waals surface area contributed by atoms with Gasteiger partial charge in [0, 0.05) is 19.6 Å². The number of rotatable bonds is 8. The molecule has 0 saturated heterocycles. The van der Waals surface area contributed by atoms with Gasteiger partial charge in [0.2, 0.25) is 0 Å². The number of aryl methyl sites for hydroxylation is 1. The number of benzene rings is 1. The number of aliphatic imine (C=N–C) groups is 1. The van der Waals surface area contributed by atoms with Crippen LogP contribution in [0.3, 0.4) is 0 Å². The average Bonchev–Trinajstić information content (AvgIpc) is 2.46. The fourth-order valence-electron chi connectivity index (χ4n) is 1.74. The molecule has 0 aromatic heterocycles. The van der Waals surface area contributed by atoms with Crippen LogP contribution in [0.2, 0.25) is 0 Å². The van der Waals surface area contributed by atoms with E-state index in [-0.39, 0.29) is 24.0 Å². The van der Waals surface area contributed by atoms with Crippen molar-refractivity contribution in [2.75, 3.05) is 26.2 Å². The zero-order chi connectivity index (χ0) is 14.6. The topological polar surface area (TPSA) is 45.7 Å². The number of hydrogen-bond donors (Lipinski definition) is 2. The molecule has 0 aliphatic heterocycles. The molecular weight excluding hydrogens is 377 g/mol. The highest BCUT2D eigenvalue weighted by Gasteiger charge is 1.98. The molecule has 0 heterocycles. The summed E-state index contributed by atoms with van der Waals surface area (Å²) in [5.74, 6) is 1.87. The first-order valence-electron chi connectivity index (χ1n) is 7.48. The van der Waals surface area contributed by atoms with Crippen LogP contribution in [-0.2, 0) is 0 Å². The molecule has 0 saturated carbocycles. The van der Waals surface area contributed by atoms with Crippen LogP contribution in [0.5, 0.6) is 5.75 Å². The monoisotopic (exact) mass is 405 g/mol. The number of para-hydroxylation sites is 1. The van der Waals surface area contributed by atoms with Crippen molar-refractivity contribution in [2.45, 2.75) is 33.6 Å². The predicted molar refractivity (Wildman–Crippen MR) is 101 cm³/mol. The molecule has 1 aromatic carbocycles. The lowest BCUT2D eigenvalue weighted by Crippen LogP contribution is -2.38. The quantitative estimate of drug-likeness (QED) is 0.302. The minimum Gasteiger partial charge on any atom is -0.493 e. The van der Waals surface area contributed by atoms with Crippen LogP contribution in [0.1, 0.15) is 32.3 Å². The summed E-state index contributed by atoms with van der Waals surface area (Å²) in [6, 6.07) is 8.10. The fraction of sp³-hybridized carbons (Fsp3) is 0.562. The third kappa shape index (κ3) is 8.80. The first-order valence-corrected chi connectivity index (χ1v) is 7.48. The molecule has 120 valence electrons. The summed E-state index contributed by atoms with van der Waals surface area (Å²) in [6.45, 7) is 9.58. The maximum Gasteiger partial charge on any atom is 0.191 e. The highest BCUT2D eigenvalue weighted by atomic mass is 127. The lowest BCUT2D eigenvalue weighted by atomic mass is 10.2. The highest BCUT2D eigenvalue weighted by molar-refractivity contribution is 14.0. The van der Waals surface area contributed by atoms with E-state index in [1.165, 1.54) is 5.56 Å². The summed E-state index contributed by atoms with van der Waals surface area (Å²) in [5.41, 5.74) is 1.18. The lowest BCUT2D eigenvalue weighted by molar-refractivity contribution is 0.309. The van der Waals surface area contributed by atoms with Crippen molar-refractivity contribution in [3.8, 4) is 5.75 Å². The van der Waals surface area contributed by atoms with Crippen LogP contribution in [0.25, 0.3) is 0 Å². The van der Waals surface area contributed by atoms with Crippen LogP contribution in [0.4, 0.5) is 0 Å². The number of ether oxygens (including phenoxy) is 1. The van der Waals surface area contributed by atoms with Gasteiger partial charge >= 0.3 is 0 Å². The minimum absolute atomic E-state index is 0. The van der Waals surface area contributed by atoms with Crippen molar-refractivity contribution in [1.82, 2.24) is 10.6 Å². The zero-order valence-electron chi connectivity index (χ0n) is 13.3. The van der Waals surface area contributed by atoms with E-state index in [1.807, 2.05) is 18.2 Å². The van der Waals surface area contributed by atoms with Gasteiger partial charge in [-0.15, -0.1) is 24.0 Å². The minimum atomic E-state index is 0. The third-order valence-electron chi connectivity index (χ3n) is 2.80. The maximum atomic E-state index is 5.76. The van der Waals surface area contributed by atoms with Gasteiger partial charge in [0.1, 0.15) is 5.75 Å². The molecule has 1 rings (SSSR count). The molecule has 0 amide bonds. The molecule has 0 bridgehead atoms. The number of hydrogen-bond acceptors (Lipinski definition) is 2. The summed E-state index contributed by atoms with van der Waals surface area (Å²) in [5, 5.41) is 6.55. The third-order valence-corrected chi connectivity index (χ3v) is 2.80. The molecule has 4 nitrogen and oxygen atoms in total. The van der Waals surface area contributed by atoms with E-state index in [4.69, 9.17) is 4.74 Å². The summed E-state index contributed by atoms with van der Waals surface area (Å²) in [7, 11) is 0. The first-order chi connectivity index (χ1) is 9.77.